The normalized spacial score (nSPS) is 21.3. The van der Waals surface area contributed by atoms with Gasteiger partial charge in [0, 0.05) is 5.41 Å². The molecule has 1 aliphatic rings. The van der Waals surface area contributed by atoms with E-state index >= 15 is 0 Å². The van der Waals surface area contributed by atoms with E-state index < -0.39 is 0 Å². The maximum absolute atomic E-state index is 9.06. The van der Waals surface area contributed by atoms with Crippen molar-refractivity contribution in [2.45, 2.75) is 32.6 Å². The van der Waals surface area contributed by atoms with E-state index in [0.29, 0.717) is 6.61 Å². The Morgan fingerprint density at radius 2 is 2.09 bits per heavy atom. The molecule has 1 aliphatic heterocycles. The summed E-state index contributed by atoms with van der Waals surface area (Å²) in [5.41, 5.74) is 0.148. The number of aliphatic hydroxyl groups is 1. The minimum absolute atomic E-state index is 0.148. The number of aliphatic hydroxyl groups excluding tert-OH is 1. The zero-order valence-corrected chi connectivity index (χ0v) is 7.31. The summed E-state index contributed by atoms with van der Waals surface area (Å²) in [4.78, 5) is 0. The van der Waals surface area contributed by atoms with Gasteiger partial charge < -0.3 is 9.84 Å². The van der Waals surface area contributed by atoms with Crippen LogP contribution in [0.15, 0.2) is 0 Å². The summed E-state index contributed by atoms with van der Waals surface area (Å²) in [5, 5.41) is 9.06. The molecule has 1 fully saturated rings. The molecular formula is C9H18O2. The predicted molar refractivity (Wildman–Crippen MR) is 44.5 cm³/mol. The summed E-state index contributed by atoms with van der Waals surface area (Å²) >= 11 is 0. The number of ether oxygens (including phenoxy) is 1. The van der Waals surface area contributed by atoms with Crippen LogP contribution < -0.4 is 0 Å². The molecule has 0 aromatic rings. The second-order valence-electron chi connectivity index (χ2n) is 3.61. The molecule has 1 saturated heterocycles. The fourth-order valence-corrected chi connectivity index (χ4v) is 1.46. The van der Waals surface area contributed by atoms with E-state index in [1.54, 1.807) is 0 Å². The van der Waals surface area contributed by atoms with E-state index in [1.807, 2.05) is 0 Å². The second kappa shape index (κ2) is 4.07. The molecule has 2 heteroatoms. The lowest BCUT2D eigenvalue weighted by atomic mass is 9.82. The van der Waals surface area contributed by atoms with Crippen molar-refractivity contribution in [3.8, 4) is 0 Å². The molecule has 0 aromatic heterocycles. The Morgan fingerprint density at radius 1 is 1.36 bits per heavy atom. The largest absolute Gasteiger partial charge is 0.396 e. The van der Waals surface area contributed by atoms with Crippen molar-refractivity contribution in [3.05, 3.63) is 0 Å². The van der Waals surface area contributed by atoms with Crippen LogP contribution in [0.4, 0.5) is 0 Å². The van der Waals surface area contributed by atoms with Gasteiger partial charge in [0.2, 0.25) is 0 Å². The summed E-state index contributed by atoms with van der Waals surface area (Å²) in [5.74, 6) is 0. The Bertz CT molecular complexity index is 103. The van der Waals surface area contributed by atoms with Gasteiger partial charge in [-0.1, -0.05) is 26.2 Å². The quantitative estimate of drug-likeness (QED) is 0.615. The Hall–Kier alpha value is -0.0800. The fourth-order valence-electron chi connectivity index (χ4n) is 1.46. The lowest BCUT2D eigenvalue weighted by Gasteiger charge is -2.40. The first-order chi connectivity index (χ1) is 5.33. The molecule has 1 rings (SSSR count). The number of hydrogen-bond acceptors (Lipinski definition) is 2. The summed E-state index contributed by atoms with van der Waals surface area (Å²) in [6, 6.07) is 0. The monoisotopic (exact) mass is 158 g/mol. The highest BCUT2D eigenvalue weighted by molar-refractivity contribution is 4.84. The van der Waals surface area contributed by atoms with Gasteiger partial charge >= 0.3 is 0 Å². The van der Waals surface area contributed by atoms with Crippen molar-refractivity contribution in [3.63, 3.8) is 0 Å². The summed E-state index contributed by atoms with van der Waals surface area (Å²) in [6.07, 6.45) is 4.90. The van der Waals surface area contributed by atoms with E-state index in [1.165, 1.54) is 19.3 Å². The fraction of sp³-hybridized carbons (Fsp3) is 1.00. The Balaban J connectivity index is 2.11. The van der Waals surface area contributed by atoms with Gasteiger partial charge in [-0.2, -0.15) is 0 Å². The minimum atomic E-state index is 0.148. The van der Waals surface area contributed by atoms with Crippen molar-refractivity contribution in [2.75, 3.05) is 19.8 Å². The van der Waals surface area contributed by atoms with Crippen molar-refractivity contribution in [2.24, 2.45) is 5.41 Å². The topological polar surface area (TPSA) is 29.5 Å². The van der Waals surface area contributed by atoms with Gasteiger partial charge in [0.15, 0.2) is 0 Å². The summed E-state index contributed by atoms with van der Waals surface area (Å²) in [6.45, 7) is 4.04. The van der Waals surface area contributed by atoms with E-state index in [2.05, 4.69) is 6.92 Å². The molecule has 1 heterocycles. The van der Waals surface area contributed by atoms with Gasteiger partial charge in [-0.25, -0.2) is 0 Å². The first-order valence-corrected chi connectivity index (χ1v) is 4.51. The Labute approximate surface area is 68.6 Å². The Kier molecular flexibility index (Phi) is 3.34. The molecule has 0 bridgehead atoms. The zero-order chi connectivity index (χ0) is 8.16. The highest BCUT2D eigenvalue weighted by Gasteiger charge is 2.36. The van der Waals surface area contributed by atoms with Gasteiger partial charge in [-0.15, -0.1) is 0 Å². The van der Waals surface area contributed by atoms with Crippen LogP contribution in [0.2, 0.25) is 0 Å². The molecule has 11 heavy (non-hydrogen) atoms. The van der Waals surface area contributed by atoms with Gasteiger partial charge in [-0.05, 0) is 6.42 Å². The van der Waals surface area contributed by atoms with E-state index in [4.69, 9.17) is 9.84 Å². The molecule has 2 nitrogen and oxygen atoms in total. The number of hydrogen-bond donors (Lipinski definition) is 1. The third-order valence-electron chi connectivity index (χ3n) is 2.46. The third kappa shape index (κ3) is 2.17. The van der Waals surface area contributed by atoms with Crippen LogP contribution in [0.25, 0.3) is 0 Å². The molecule has 0 amide bonds. The summed E-state index contributed by atoms with van der Waals surface area (Å²) in [7, 11) is 0. The Morgan fingerprint density at radius 3 is 2.45 bits per heavy atom. The number of rotatable bonds is 5. The smallest absolute Gasteiger partial charge is 0.0566 e. The first-order valence-electron chi connectivity index (χ1n) is 4.51. The SMILES string of the molecule is CCCCCC1(CO)COC1. The van der Waals surface area contributed by atoms with Crippen LogP contribution in [0.5, 0.6) is 0 Å². The second-order valence-corrected chi connectivity index (χ2v) is 3.61. The molecule has 1 N–H and O–H groups in total. The number of unbranched alkanes of at least 4 members (excludes halogenated alkanes) is 2. The minimum Gasteiger partial charge on any atom is -0.396 e. The molecule has 0 radical (unpaired) electrons. The van der Waals surface area contributed by atoms with Gasteiger partial charge in [0.1, 0.15) is 0 Å². The van der Waals surface area contributed by atoms with Crippen LogP contribution in [0, 0.1) is 5.41 Å². The highest BCUT2D eigenvalue weighted by atomic mass is 16.5. The average Bonchev–Trinajstić information content (AvgIpc) is 1.95. The van der Waals surface area contributed by atoms with Crippen LogP contribution in [0.1, 0.15) is 32.6 Å². The molecule has 0 saturated carbocycles. The predicted octanol–water partition coefficient (Wildman–Crippen LogP) is 1.58. The van der Waals surface area contributed by atoms with E-state index in [-0.39, 0.29) is 5.41 Å². The van der Waals surface area contributed by atoms with Gasteiger partial charge in [-0.3, -0.25) is 0 Å². The van der Waals surface area contributed by atoms with Crippen LogP contribution >= 0.6 is 0 Å². The molecule has 0 unspecified atom stereocenters. The maximum Gasteiger partial charge on any atom is 0.0566 e. The van der Waals surface area contributed by atoms with E-state index in [0.717, 1.165) is 19.6 Å². The average molecular weight is 158 g/mol. The lowest BCUT2D eigenvalue weighted by Crippen LogP contribution is -2.45. The lowest BCUT2D eigenvalue weighted by molar-refractivity contribution is -0.141. The molecule has 0 spiro atoms. The van der Waals surface area contributed by atoms with Crippen molar-refractivity contribution in [1.82, 2.24) is 0 Å². The third-order valence-corrected chi connectivity index (χ3v) is 2.46. The van der Waals surface area contributed by atoms with Crippen LogP contribution in [0.3, 0.4) is 0 Å². The first kappa shape index (κ1) is 9.01. The van der Waals surface area contributed by atoms with Crippen molar-refractivity contribution >= 4 is 0 Å². The molecule has 66 valence electrons. The zero-order valence-electron chi connectivity index (χ0n) is 7.31. The maximum atomic E-state index is 9.06. The molecule has 0 atom stereocenters. The standard InChI is InChI=1S/C9H18O2/c1-2-3-4-5-9(6-10)7-11-8-9/h10H,2-8H2,1H3. The molecule has 0 aromatic carbocycles. The van der Waals surface area contributed by atoms with Crippen molar-refractivity contribution < 1.29 is 9.84 Å². The van der Waals surface area contributed by atoms with Crippen LogP contribution in [-0.4, -0.2) is 24.9 Å². The van der Waals surface area contributed by atoms with E-state index in [9.17, 15) is 0 Å². The van der Waals surface area contributed by atoms with Gasteiger partial charge in [0.05, 0.1) is 19.8 Å². The van der Waals surface area contributed by atoms with Gasteiger partial charge in [0.25, 0.3) is 0 Å². The summed E-state index contributed by atoms with van der Waals surface area (Å²) < 4.78 is 5.10. The molecular weight excluding hydrogens is 140 g/mol. The van der Waals surface area contributed by atoms with Crippen LogP contribution in [-0.2, 0) is 4.74 Å². The van der Waals surface area contributed by atoms with Crippen molar-refractivity contribution in [1.29, 1.82) is 0 Å². The highest BCUT2D eigenvalue weighted by Crippen LogP contribution is 2.32. The molecule has 0 aliphatic carbocycles.